The Morgan fingerprint density at radius 1 is 1.19 bits per heavy atom. The average Bonchev–Trinajstić information content (AvgIpc) is 3.10. The number of hydrogen-bond acceptors (Lipinski definition) is 5. The average molecular weight is 369 g/mol. The van der Waals surface area contributed by atoms with E-state index in [1.165, 1.54) is 22.5 Å². The van der Waals surface area contributed by atoms with Gasteiger partial charge in [-0.1, -0.05) is 24.3 Å². The summed E-state index contributed by atoms with van der Waals surface area (Å²) in [5.41, 5.74) is 3.27. The molecule has 136 valence electrons. The Hall–Kier alpha value is -2.20. The minimum Gasteiger partial charge on any atom is -0.317 e. The van der Waals surface area contributed by atoms with Gasteiger partial charge in [0.05, 0.1) is 5.56 Å². The fraction of sp³-hybridized carbons (Fsp3) is 0.400. The highest BCUT2D eigenvalue weighted by molar-refractivity contribution is 7.14. The Balaban J connectivity index is 1.39. The second kappa shape index (κ2) is 8.95. The number of aryl methyl sites for hydroxylation is 1. The van der Waals surface area contributed by atoms with Crippen molar-refractivity contribution in [1.82, 2.24) is 9.80 Å². The summed E-state index contributed by atoms with van der Waals surface area (Å²) >= 11 is 1.39. The van der Waals surface area contributed by atoms with Crippen molar-refractivity contribution in [1.29, 1.82) is 5.26 Å². The van der Waals surface area contributed by atoms with Gasteiger partial charge in [-0.15, -0.1) is 11.3 Å². The monoisotopic (exact) mass is 368 g/mol. The third-order valence-corrected chi connectivity index (χ3v) is 5.64. The van der Waals surface area contributed by atoms with Crippen LogP contribution in [0.2, 0.25) is 0 Å². The molecule has 1 aromatic heterocycles. The summed E-state index contributed by atoms with van der Waals surface area (Å²) in [6.07, 6.45) is 0.459. The van der Waals surface area contributed by atoms with E-state index in [-0.39, 0.29) is 5.91 Å². The zero-order chi connectivity index (χ0) is 18.4. The van der Waals surface area contributed by atoms with E-state index < -0.39 is 0 Å². The highest BCUT2D eigenvalue weighted by Gasteiger charge is 2.18. The zero-order valence-corrected chi connectivity index (χ0v) is 15.9. The van der Waals surface area contributed by atoms with Crippen molar-refractivity contribution in [3.8, 4) is 6.07 Å². The standard InChI is InChI=1S/C20H24N4OS/c1-16-4-2-3-5-18(16)15-24-11-9-23(10-12-24)8-6-19(25)22-20-17(14-21)7-13-26-20/h2-5,7,13H,6,8-12,15H2,1H3,(H,22,25). The van der Waals surface area contributed by atoms with Crippen LogP contribution in [0.25, 0.3) is 0 Å². The Bertz CT molecular complexity index is 787. The molecule has 26 heavy (non-hydrogen) atoms. The molecule has 5 nitrogen and oxygen atoms in total. The summed E-state index contributed by atoms with van der Waals surface area (Å²) in [5, 5.41) is 14.3. The summed E-state index contributed by atoms with van der Waals surface area (Å²) in [7, 11) is 0. The van der Waals surface area contributed by atoms with Crippen LogP contribution in [-0.4, -0.2) is 48.4 Å². The third-order valence-electron chi connectivity index (χ3n) is 4.81. The normalized spacial score (nSPS) is 15.5. The van der Waals surface area contributed by atoms with E-state index in [1.54, 1.807) is 6.07 Å². The molecule has 1 fully saturated rings. The Labute approximate surface area is 158 Å². The summed E-state index contributed by atoms with van der Waals surface area (Å²) in [6.45, 7) is 7.95. The van der Waals surface area contributed by atoms with Crippen LogP contribution in [0.5, 0.6) is 0 Å². The SMILES string of the molecule is Cc1ccccc1CN1CCN(CCC(=O)Nc2sccc2C#N)CC1. The summed E-state index contributed by atoms with van der Waals surface area (Å²) in [4.78, 5) is 16.9. The molecule has 1 saturated heterocycles. The van der Waals surface area contributed by atoms with Crippen molar-refractivity contribution in [2.24, 2.45) is 0 Å². The number of anilines is 1. The summed E-state index contributed by atoms with van der Waals surface area (Å²) in [6, 6.07) is 12.4. The lowest BCUT2D eigenvalue weighted by Gasteiger charge is -2.34. The maximum Gasteiger partial charge on any atom is 0.226 e. The van der Waals surface area contributed by atoms with Crippen molar-refractivity contribution in [3.05, 3.63) is 52.4 Å². The van der Waals surface area contributed by atoms with Crippen LogP contribution in [0.15, 0.2) is 35.7 Å². The first-order valence-corrected chi connectivity index (χ1v) is 9.80. The van der Waals surface area contributed by atoms with Crippen LogP contribution >= 0.6 is 11.3 Å². The van der Waals surface area contributed by atoms with Gasteiger partial charge in [-0.3, -0.25) is 9.69 Å². The van der Waals surface area contributed by atoms with Crippen molar-refractivity contribution in [2.45, 2.75) is 19.9 Å². The van der Waals surface area contributed by atoms with Gasteiger partial charge in [-0.05, 0) is 29.5 Å². The number of carbonyl (C=O) groups excluding carboxylic acids is 1. The second-order valence-corrected chi connectivity index (χ2v) is 7.53. The zero-order valence-electron chi connectivity index (χ0n) is 15.1. The predicted octanol–water partition coefficient (Wildman–Crippen LogP) is 3.07. The van der Waals surface area contributed by atoms with Crippen LogP contribution in [0.4, 0.5) is 5.00 Å². The van der Waals surface area contributed by atoms with E-state index in [2.05, 4.69) is 52.4 Å². The van der Waals surface area contributed by atoms with Crippen LogP contribution in [-0.2, 0) is 11.3 Å². The highest BCUT2D eigenvalue weighted by Crippen LogP contribution is 2.22. The first-order valence-electron chi connectivity index (χ1n) is 8.92. The lowest BCUT2D eigenvalue weighted by molar-refractivity contribution is -0.116. The summed E-state index contributed by atoms with van der Waals surface area (Å²) < 4.78 is 0. The van der Waals surface area contributed by atoms with Gasteiger partial charge in [0.15, 0.2) is 0 Å². The largest absolute Gasteiger partial charge is 0.317 e. The lowest BCUT2D eigenvalue weighted by atomic mass is 10.1. The molecule has 0 spiro atoms. The van der Waals surface area contributed by atoms with Gasteiger partial charge in [-0.25, -0.2) is 0 Å². The molecule has 1 aliphatic rings. The van der Waals surface area contributed by atoms with Crippen molar-refractivity contribution < 1.29 is 4.79 Å². The van der Waals surface area contributed by atoms with E-state index >= 15 is 0 Å². The molecular formula is C20H24N4OS. The number of amides is 1. The molecule has 1 N–H and O–H groups in total. The topological polar surface area (TPSA) is 59.4 Å². The Morgan fingerprint density at radius 3 is 2.65 bits per heavy atom. The minimum absolute atomic E-state index is 0.0220. The summed E-state index contributed by atoms with van der Waals surface area (Å²) in [5.74, 6) is -0.0220. The number of benzene rings is 1. The molecule has 0 bridgehead atoms. The Morgan fingerprint density at radius 2 is 1.92 bits per heavy atom. The number of hydrogen-bond donors (Lipinski definition) is 1. The molecule has 2 aromatic rings. The van der Waals surface area contributed by atoms with Crippen molar-refractivity contribution in [2.75, 3.05) is 38.0 Å². The van der Waals surface area contributed by atoms with Gasteiger partial charge in [0.2, 0.25) is 5.91 Å². The number of nitrogens with zero attached hydrogens (tertiary/aromatic N) is 3. The number of nitriles is 1. The van der Waals surface area contributed by atoms with E-state index in [0.717, 1.165) is 39.3 Å². The number of rotatable bonds is 6. The second-order valence-electron chi connectivity index (χ2n) is 6.62. The molecule has 1 aliphatic heterocycles. The van der Waals surface area contributed by atoms with E-state index in [9.17, 15) is 4.79 Å². The van der Waals surface area contributed by atoms with Gasteiger partial charge >= 0.3 is 0 Å². The maximum atomic E-state index is 12.1. The van der Waals surface area contributed by atoms with Crippen molar-refractivity contribution >= 4 is 22.2 Å². The predicted molar refractivity (Wildman–Crippen MR) is 105 cm³/mol. The van der Waals surface area contributed by atoms with E-state index in [1.807, 2.05) is 5.38 Å². The Kier molecular flexibility index (Phi) is 6.40. The first-order chi connectivity index (χ1) is 12.7. The van der Waals surface area contributed by atoms with Gasteiger partial charge in [0.25, 0.3) is 0 Å². The molecule has 1 aromatic carbocycles. The molecular weight excluding hydrogens is 344 g/mol. The molecule has 2 heterocycles. The fourth-order valence-corrected chi connectivity index (χ4v) is 3.90. The van der Waals surface area contributed by atoms with Crippen LogP contribution < -0.4 is 5.32 Å². The van der Waals surface area contributed by atoms with Gasteiger partial charge in [0.1, 0.15) is 11.1 Å². The molecule has 3 rings (SSSR count). The van der Waals surface area contributed by atoms with Crippen LogP contribution in [0.1, 0.15) is 23.1 Å². The molecule has 0 radical (unpaired) electrons. The van der Waals surface area contributed by atoms with Crippen LogP contribution in [0.3, 0.4) is 0 Å². The molecule has 1 amide bonds. The molecule has 0 atom stereocenters. The van der Waals surface area contributed by atoms with Crippen molar-refractivity contribution in [3.63, 3.8) is 0 Å². The number of piperazine rings is 1. The molecule has 6 heteroatoms. The smallest absolute Gasteiger partial charge is 0.226 e. The first kappa shape index (κ1) is 18.6. The number of nitrogens with one attached hydrogen (secondary N) is 1. The van der Waals surface area contributed by atoms with Gasteiger partial charge in [0, 0.05) is 45.7 Å². The number of carbonyl (C=O) groups is 1. The maximum absolute atomic E-state index is 12.1. The van der Waals surface area contributed by atoms with Gasteiger partial charge in [-0.2, -0.15) is 5.26 Å². The minimum atomic E-state index is -0.0220. The lowest BCUT2D eigenvalue weighted by Crippen LogP contribution is -2.46. The number of thiophene rings is 1. The highest BCUT2D eigenvalue weighted by atomic mass is 32.1. The van der Waals surface area contributed by atoms with E-state index in [0.29, 0.717) is 17.0 Å². The molecule has 0 saturated carbocycles. The van der Waals surface area contributed by atoms with Crippen LogP contribution in [0, 0.1) is 18.3 Å². The molecule has 0 aliphatic carbocycles. The quantitative estimate of drug-likeness (QED) is 0.851. The van der Waals surface area contributed by atoms with E-state index in [4.69, 9.17) is 5.26 Å². The fourth-order valence-electron chi connectivity index (χ4n) is 3.14. The van der Waals surface area contributed by atoms with Gasteiger partial charge < -0.3 is 10.2 Å². The molecule has 0 unspecified atom stereocenters. The third kappa shape index (κ3) is 4.92.